The molecule has 0 aromatic heterocycles. The maximum Gasteiger partial charge on any atom is 0.307 e. The predicted molar refractivity (Wildman–Crippen MR) is 66.6 cm³/mol. The highest BCUT2D eigenvalue weighted by atomic mass is 16.5. The van der Waals surface area contributed by atoms with E-state index in [-0.39, 0.29) is 24.0 Å². The lowest BCUT2D eigenvalue weighted by Gasteiger charge is -2.13. The van der Waals surface area contributed by atoms with Crippen LogP contribution in [-0.4, -0.2) is 37.1 Å². The van der Waals surface area contributed by atoms with Gasteiger partial charge < -0.3 is 15.4 Å². The number of esters is 1. The largest absolute Gasteiger partial charge is 0.466 e. The van der Waals surface area contributed by atoms with Crippen LogP contribution in [-0.2, 0) is 14.3 Å². The number of carbonyl (C=O) groups is 2. The molecule has 0 heterocycles. The summed E-state index contributed by atoms with van der Waals surface area (Å²) >= 11 is 0. The summed E-state index contributed by atoms with van der Waals surface area (Å²) in [5, 5.41) is 5.92. The van der Waals surface area contributed by atoms with E-state index in [0.29, 0.717) is 26.0 Å². The smallest absolute Gasteiger partial charge is 0.307 e. The molecule has 5 heteroatoms. The molecule has 0 aliphatic carbocycles. The molecule has 0 aromatic rings. The third-order valence-corrected chi connectivity index (χ3v) is 2.07. The Morgan fingerprint density at radius 1 is 1.24 bits per heavy atom. The van der Waals surface area contributed by atoms with Crippen LogP contribution in [0, 0.1) is 0 Å². The average molecular weight is 244 g/mol. The van der Waals surface area contributed by atoms with E-state index in [2.05, 4.69) is 10.6 Å². The fourth-order valence-corrected chi connectivity index (χ4v) is 1.37. The quantitative estimate of drug-likeness (QED) is 0.621. The van der Waals surface area contributed by atoms with Crippen molar-refractivity contribution in [1.29, 1.82) is 0 Å². The number of ether oxygens (including phenoxy) is 1. The van der Waals surface area contributed by atoms with Gasteiger partial charge in [0.25, 0.3) is 0 Å². The van der Waals surface area contributed by atoms with Crippen LogP contribution in [0.2, 0.25) is 0 Å². The zero-order chi connectivity index (χ0) is 13.3. The maximum atomic E-state index is 11.3. The highest BCUT2D eigenvalue weighted by Crippen LogP contribution is 1.94. The number of hydrogen-bond acceptors (Lipinski definition) is 4. The molecule has 0 aliphatic heterocycles. The van der Waals surface area contributed by atoms with E-state index < -0.39 is 0 Å². The minimum Gasteiger partial charge on any atom is -0.466 e. The normalized spacial score (nSPS) is 12.3. The van der Waals surface area contributed by atoms with Crippen molar-refractivity contribution in [2.24, 2.45) is 0 Å². The standard InChI is InChI=1S/C12H24N2O3/c1-5-17-12(16)8-10(4)13-7-6-11(15)14-9(2)3/h9-10,13H,5-8H2,1-4H3,(H,14,15). The van der Waals surface area contributed by atoms with Crippen LogP contribution < -0.4 is 10.6 Å². The van der Waals surface area contributed by atoms with Gasteiger partial charge in [-0.2, -0.15) is 0 Å². The first-order valence-electron chi connectivity index (χ1n) is 6.14. The Kier molecular flexibility index (Phi) is 8.40. The zero-order valence-electron chi connectivity index (χ0n) is 11.2. The summed E-state index contributed by atoms with van der Waals surface area (Å²) in [5.41, 5.74) is 0. The van der Waals surface area contributed by atoms with Gasteiger partial charge in [0, 0.05) is 25.0 Å². The van der Waals surface area contributed by atoms with E-state index in [1.807, 2.05) is 20.8 Å². The zero-order valence-corrected chi connectivity index (χ0v) is 11.2. The summed E-state index contributed by atoms with van der Waals surface area (Å²) in [6, 6.07) is 0.195. The summed E-state index contributed by atoms with van der Waals surface area (Å²) in [5.74, 6) is -0.185. The minimum absolute atomic E-state index is 0.0239. The van der Waals surface area contributed by atoms with Crippen molar-refractivity contribution in [3.63, 3.8) is 0 Å². The fraction of sp³-hybridized carbons (Fsp3) is 0.833. The lowest BCUT2D eigenvalue weighted by atomic mass is 10.2. The van der Waals surface area contributed by atoms with E-state index in [1.165, 1.54) is 0 Å². The molecule has 0 fully saturated rings. The van der Waals surface area contributed by atoms with Crippen molar-refractivity contribution in [1.82, 2.24) is 10.6 Å². The average Bonchev–Trinajstić information content (AvgIpc) is 2.16. The monoisotopic (exact) mass is 244 g/mol. The van der Waals surface area contributed by atoms with E-state index in [9.17, 15) is 9.59 Å². The van der Waals surface area contributed by atoms with E-state index in [1.54, 1.807) is 6.92 Å². The van der Waals surface area contributed by atoms with Crippen molar-refractivity contribution in [2.45, 2.75) is 52.6 Å². The van der Waals surface area contributed by atoms with Gasteiger partial charge in [-0.25, -0.2) is 0 Å². The van der Waals surface area contributed by atoms with Gasteiger partial charge >= 0.3 is 5.97 Å². The molecule has 0 saturated carbocycles. The summed E-state index contributed by atoms with van der Waals surface area (Å²) in [4.78, 5) is 22.5. The second-order valence-electron chi connectivity index (χ2n) is 4.34. The molecule has 0 bridgehead atoms. The van der Waals surface area contributed by atoms with Crippen LogP contribution in [0.4, 0.5) is 0 Å². The Balaban J connectivity index is 3.60. The van der Waals surface area contributed by atoms with Crippen LogP contribution in [0.15, 0.2) is 0 Å². The number of hydrogen-bond donors (Lipinski definition) is 2. The number of nitrogens with one attached hydrogen (secondary N) is 2. The van der Waals surface area contributed by atoms with Gasteiger partial charge in [0.05, 0.1) is 13.0 Å². The Morgan fingerprint density at radius 3 is 2.41 bits per heavy atom. The number of amides is 1. The minimum atomic E-state index is -0.209. The molecule has 2 N–H and O–H groups in total. The van der Waals surface area contributed by atoms with Gasteiger partial charge in [0.15, 0.2) is 0 Å². The number of carbonyl (C=O) groups excluding carboxylic acids is 2. The Morgan fingerprint density at radius 2 is 1.88 bits per heavy atom. The molecule has 0 aliphatic rings. The van der Waals surface area contributed by atoms with Gasteiger partial charge in [-0.05, 0) is 27.7 Å². The molecule has 0 radical (unpaired) electrons. The molecule has 1 atom stereocenters. The number of rotatable bonds is 8. The lowest BCUT2D eigenvalue weighted by molar-refractivity contribution is -0.143. The maximum absolute atomic E-state index is 11.3. The van der Waals surface area contributed by atoms with E-state index in [0.717, 1.165) is 0 Å². The molecule has 100 valence electrons. The molecule has 0 spiro atoms. The first kappa shape index (κ1) is 15.9. The molecule has 0 aromatic carbocycles. The van der Waals surface area contributed by atoms with E-state index in [4.69, 9.17) is 4.74 Å². The van der Waals surface area contributed by atoms with Crippen molar-refractivity contribution in [3.8, 4) is 0 Å². The summed E-state index contributed by atoms with van der Waals surface area (Å²) in [7, 11) is 0. The van der Waals surface area contributed by atoms with Crippen molar-refractivity contribution in [2.75, 3.05) is 13.2 Å². The molecule has 0 saturated heterocycles. The Labute approximate surface area is 103 Å². The Bertz CT molecular complexity index is 242. The first-order chi connectivity index (χ1) is 7.95. The molecule has 17 heavy (non-hydrogen) atoms. The van der Waals surface area contributed by atoms with Gasteiger partial charge in [0.2, 0.25) is 5.91 Å². The van der Waals surface area contributed by atoms with Crippen LogP contribution in [0.5, 0.6) is 0 Å². The fourth-order valence-electron chi connectivity index (χ4n) is 1.37. The van der Waals surface area contributed by atoms with Crippen LogP contribution >= 0.6 is 0 Å². The third kappa shape index (κ3) is 9.81. The van der Waals surface area contributed by atoms with Crippen LogP contribution in [0.25, 0.3) is 0 Å². The molecule has 1 amide bonds. The summed E-state index contributed by atoms with van der Waals surface area (Å²) in [6.45, 7) is 8.51. The molecule has 0 rings (SSSR count). The second kappa shape index (κ2) is 8.98. The predicted octanol–water partition coefficient (Wildman–Crippen LogP) is 0.832. The summed E-state index contributed by atoms with van der Waals surface area (Å²) in [6.07, 6.45) is 0.755. The third-order valence-electron chi connectivity index (χ3n) is 2.07. The first-order valence-corrected chi connectivity index (χ1v) is 6.14. The Hall–Kier alpha value is -1.10. The van der Waals surface area contributed by atoms with Crippen LogP contribution in [0.3, 0.4) is 0 Å². The molecule has 1 unspecified atom stereocenters. The molecular formula is C12H24N2O3. The topological polar surface area (TPSA) is 67.4 Å². The molecule has 5 nitrogen and oxygen atoms in total. The van der Waals surface area contributed by atoms with Crippen LogP contribution in [0.1, 0.15) is 40.5 Å². The second-order valence-corrected chi connectivity index (χ2v) is 4.34. The molecular weight excluding hydrogens is 220 g/mol. The van der Waals surface area contributed by atoms with Crippen molar-refractivity contribution < 1.29 is 14.3 Å². The van der Waals surface area contributed by atoms with Gasteiger partial charge in [-0.15, -0.1) is 0 Å². The van der Waals surface area contributed by atoms with Gasteiger partial charge in [-0.1, -0.05) is 0 Å². The van der Waals surface area contributed by atoms with Gasteiger partial charge in [-0.3, -0.25) is 9.59 Å². The van der Waals surface area contributed by atoms with E-state index >= 15 is 0 Å². The van der Waals surface area contributed by atoms with Gasteiger partial charge in [0.1, 0.15) is 0 Å². The summed E-state index contributed by atoms with van der Waals surface area (Å²) < 4.78 is 4.83. The van der Waals surface area contributed by atoms with Crippen molar-refractivity contribution >= 4 is 11.9 Å². The SMILES string of the molecule is CCOC(=O)CC(C)NCCC(=O)NC(C)C. The lowest BCUT2D eigenvalue weighted by Crippen LogP contribution is -2.35. The highest BCUT2D eigenvalue weighted by molar-refractivity contribution is 5.76. The van der Waals surface area contributed by atoms with Crippen molar-refractivity contribution in [3.05, 3.63) is 0 Å². The highest BCUT2D eigenvalue weighted by Gasteiger charge is 2.10.